The van der Waals surface area contributed by atoms with Crippen LogP contribution in [-0.4, -0.2) is 30.4 Å². The number of aromatic hydroxyl groups is 1. The summed E-state index contributed by atoms with van der Waals surface area (Å²) >= 11 is 0. The zero-order valence-corrected chi connectivity index (χ0v) is 12.5. The van der Waals surface area contributed by atoms with Gasteiger partial charge in [0.15, 0.2) is 0 Å². The first kappa shape index (κ1) is 15.2. The summed E-state index contributed by atoms with van der Waals surface area (Å²) in [7, 11) is -1.15. The molecule has 2 rings (SSSR count). The molecule has 1 aromatic carbocycles. The molecule has 0 saturated heterocycles. The van der Waals surface area contributed by atoms with Crippen LogP contribution in [0.3, 0.4) is 0 Å². The molecule has 0 bridgehead atoms. The normalized spacial score (nSPS) is 13.8. The first-order chi connectivity index (χ1) is 9.91. The lowest BCUT2D eigenvalue weighted by Gasteiger charge is -2.14. The summed E-state index contributed by atoms with van der Waals surface area (Å²) in [6.07, 6.45) is 1.52. The molecule has 1 heterocycles. The predicted molar refractivity (Wildman–Crippen MR) is 82.0 cm³/mol. The van der Waals surface area contributed by atoms with Gasteiger partial charge in [-0.3, -0.25) is 18.6 Å². The van der Waals surface area contributed by atoms with Crippen LogP contribution in [0.4, 0.5) is 0 Å². The molecule has 0 aliphatic carbocycles. The molecule has 0 amide bonds. The monoisotopic (exact) mass is 308 g/mol. The first-order valence-corrected chi connectivity index (χ1v) is 7.97. The molecular weight excluding hydrogens is 292 g/mol. The Bertz CT molecular complexity index is 780. The number of nitrogens with zero attached hydrogens (tertiary/aromatic N) is 1. The molecule has 21 heavy (non-hydrogen) atoms. The number of aromatic nitrogens is 2. The number of nitrogens with one attached hydrogen (secondary N) is 1. The van der Waals surface area contributed by atoms with Crippen LogP contribution in [0.25, 0.3) is 11.1 Å². The van der Waals surface area contributed by atoms with Gasteiger partial charge < -0.3 is 5.11 Å². The molecule has 6 nitrogen and oxygen atoms in total. The average molecular weight is 308 g/mol. The summed E-state index contributed by atoms with van der Waals surface area (Å²) in [5.74, 6) is -0.410. The second-order valence-electron chi connectivity index (χ2n) is 4.74. The van der Waals surface area contributed by atoms with Crippen molar-refractivity contribution in [2.45, 2.75) is 18.7 Å². The Labute approximate surface area is 123 Å². The number of benzene rings is 1. The third-order valence-corrected chi connectivity index (χ3v) is 4.52. The molecule has 2 N–H and O–H groups in total. The molecule has 0 aliphatic rings. The summed E-state index contributed by atoms with van der Waals surface area (Å²) in [5, 5.41) is 9.95. The van der Waals surface area contributed by atoms with E-state index >= 15 is 0 Å². The number of aromatic amines is 1. The van der Waals surface area contributed by atoms with Crippen molar-refractivity contribution in [1.82, 2.24) is 9.55 Å². The molecule has 2 unspecified atom stereocenters. The molecule has 2 aromatic rings. The Morgan fingerprint density at radius 2 is 1.90 bits per heavy atom. The summed E-state index contributed by atoms with van der Waals surface area (Å²) in [4.78, 5) is 26.0. The Morgan fingerprint density at radius 3 is 2.48 bits per heavy atom. The van der Waals surface area contributed by atoms with Crippen molar-refractivity contribution in [3.05, 3.63) is 51.2 Å². The van der Waals surface area contributed by atoms with Gasteiger partial charge in [0.2, 0.25) is 5.88 Å². The molecule has 7 heteroatoms. The topological polar surface area (TPSA) is 92.2 Å². The van der Waals surface area contributed by atoms with Gasteiger partial charge in [0.25, 0.3) is 5.56 Å². The fraction of sp³-hybridized carbons (Fsp3) is 0.286. The first-order valence-electron chi connectivity index (χ1n) is 6.35. The average Bonchev–Trinajstić information content (AvgIpc) is 2.44. The van der Waals surface area contributed by atoms with Crippen LogP contribution < -0.4 is 11.2 Å². The molecule has 0 fully saturated rings. The van der Waals surface area contributed by atoms with E-state index in [4.69, 9.17) is 0 Å². The van der Waals surface area contributed by atoms with Gasteiger partial charge in [0, 0.05) is 28.9 Å². The summed E-state index contributed by atoms with van der Waals surface area (Å²) in [6, 6.07) is 8.58. The third kappa shape index (κ3) is 3.13. The van der Waals surface area contributed by atoms with Gasteiger partial charge in [0.05, 0.1) is 0 Å². The van der Waals surface area contributed by atoms with E-state index in [-0.39, 0.29) is 17.4 Å². The largest absolute Gasteiger partial charge is 0.494 e. The SMILES string of the molecule is CC(Cn1c(O)c(-c2ccccc2)c(=O)[nH]c1=O)S(C)=O. The zero-order valence-electron chi connectivity index (χ0n) is 11.7. The van der Waals surface area contributed by atoms with Crippen LogP contribution in [0, 0.1) is 0 Å². The lowest BCUT2D eigenvalue weighted by molar-refractivity contribution is 0.402. The van der Waals surface area contributed by atoms with Crippen LogP contribution >= 0.6 is 0 Å². The molecule has 0 spiro atoms. The smallest absolute Gasteiger partial charge is 0.331 e. The Hall–Kier alpha value is -2.15. The standard InChI is InChI=1S/C14H16N2O4S/c1-9(21(2)20)8-16-13(18)11(12(17)15-14(16)19)10-6-4-3-5-7-10/h3-7,9,18H,8H2,1-2H3,(H,15,17,19). The third-order valence-electron chi connectivity index (χ3n) is 3.24. The quantitative estimate of drug-likeness (QED) is 0.868. The molecule has 1 aromatic heterocycles. The highest BCUT2D eigenvalue weighted by molar-refractivity contribution is 7.84. The highest BCUT2D eigenvalue weighted by Gasteiger charge is 2.18. The van der Waals surface area contributed by atoms with Crippen LogP contribution in [0.5, 0.6) is 5.88 Å². The number of hydrogen-bond donors (Lipinski definition) is 2. The Kier molecular flexibility index (Phi) is 4.42. The lowest BCUT2D eigenvalue weighted by Crippen LogP contribution is -2.34. The van der Waals surface area contributed by atoms with Crippen LogP contribution in [0.2, 0.25) is 0 Å². The second-order valence-corrected chi connectivity index (χ2v) is 6.55. The molecule has 0 aliphatic heterocycles. The molecule has 0 radical (unpaired) electrons. The van der Waals surface area contributed by atoms with Gasteiger partial charge in [-0.1, -0.05) is 30.3 Å². The van der Waals surface area contributed by atoms with E-state index in [2.05, 4.69) is 4.98 Å². The predicted octanol–water partition coefficient (Wildman–Crippen LogP) is 0.676. The van der Waals surface area contributed by atoms with Crippen molar-refractivity contribution in [2.75, 3.05) is 6.26 Å². The Balaban J connectivity index is 2.61. The molecule has 2 atom stereocenters. The van der Waals surface area contributed by atoms with Crippen molar-refractivity contribution < 1.29 is 9.32 Å². The van der Waals surface area contributed by atoms with E-state index in [0.29, 0.717) is 5.56 Å². The number of H-pyrrole nitrogens is 1. The maximum absolute atomic E-state index is 11.9. The Morgan fingerprint density at radius 1 is 1.29 bits per heavy atom. The van der Waals surface area contributed by atoms with Crippen LogP contribution in [0.15, 0.2) is 39.9 Å². The minimum absolute atomic E-state index is 0.0317. The summed E-state index contributed by atoms with van der Waals surface area (Å²) in [6.45, 7) is 1.76. The molecular formula is C14H16N2O4S. The zero-order chi connectivity index (χ0) is 15.6. The lowest BCUT2D eigenvalue weighted by atomic mass is 10.1. The van der Waals surface area contributed by atoms with E-state index in [1.807, 2.05) is 0 Å². The van der Waals surface area contributed by atoms with Gasteiger partial charge >= 0.3 is 5.69 Å². The van der Waals surface area contributed by atoms with Gasteiger partial charge in [-0.05, 0) is 12.5 Å². The highest BCUT2D eigenvalue weighted by Crippen LogP contribution is 2.23. The summed E-state index contributed by atoms with van der Waals surface area (Å²) in [5.41, 5.74) is -0.820. The summed E-state index contributed by atoms with van der Waals surface area (Å²) < 4.78 is 12.5. The number of hydrogen-bond acceptors (Lipinski definition) is 4. The van der Waals surface area contributed by atoms with Crippen molar-refractivity contribution in [3.8, 4) is 17.0 Å². The fourth-order valence-electron chi connectivity index (χ4n) is 1.96. The van der Waals surface area contributed by atoms with Crippen molar-refractivity contribution >= 4 is 10.8 Å². The maximum atomic E-state index is 11.9. The van der Waals surface area contributed by atoms with E-state index in [0.717, 1.165) is 4.57 Å². The second kappa shape index (κ2) is 6.09. The minimum Gasteiger partial charge on any atom is -0.494 e. The van der Waals surface area contributed by atoms with E-state index in [1.54, 1.807) is 37.3 Å². The fourth-order valence-corrected chi connectivity index (χ4v) is 2.32. The van der Waals surface area contributed by atoms with Gasteiger partial charge in [-0.2, -0.15) is 0 Å². The van der Waals surface area contributed by atoms with Gasteiger partial charge in [-0.15, -0.1) is 0 Å². The van der Waals surface area contributed by atoms with Crippen LogP contribution in [0.1, 0.15) is 6.92 Å². The van der Waals surface area contributed by atoms with Crippen molar-refractivity contribution in [3.63, 3.8) is 0 Å². The minimum atomic E-state index is -1.15. The van der Waals surface area contributed by atoms with E-state index in [9.17, 15) is 18.9 Å². The molecule has 112 valence electrons. The van der Waals surface area contributed by atoms with Gasteiger partial charge in [-0.25, -0.2) is 4.79 Å². The van der Waals surface area contributed by atoms with Crippen LogP contribution in [-0.2, 0) is 17.3 Å². The van der Waals surface area contributed by atoms with Crippen molar-refractivity contribution in [2.24, 2.45) is 0 Å². The van der Waals surface area contributed by atoms with E-state index < -0.39 is 27.9 Å². The van der Waals surface area contributed by atoms with Gasteiger partial charge in [0.1, 0.15) is 5.56 Å². The number of rotatable bonds is 4. The van der Waals surface area contributed by atoms with Crippen molar-refractivity contribution in [1.29, 1.82) is 0 Å². The van der Waals surface area contributed by atoms with E-state index in [1.165, 1.54) is 6.26 Å². The molecule has 0 saturated carbocycles. The highest BCUT2D eigenvalue weighted by atomic mass is 32.2. The maximum Gasteiger partial charge on any atom is 0.331 e.